The fraction of sp³-hybridized carbons (Fsp3) is 0.316. The molecule has 0 spiro atoms. The van der Waals surface area contributed by atoms with Crippen molar-refractivity contribution in [1.29, 1.82) is 0 Å². The lowest BCUT2D eigenvalue weighted by molar-refractivity contribution is -0.137. The first-order valence-electron chi connectivity index (χ1n) is 7.88. The first-order chi connectivity index (χ1) is 11.8. The molecule has 2 aromatic rings. The Morgan fingerprint density at radius 3 is 2.32 bits per heavy atom. The zero-order valence-corrected chi connectivity index (χ0v) is 14.1. The zero-order valence-electron chi connectivity index (χ0n) is 14.1. The van der Waals surface area contributed by atoms with Crippen molar-refractivity contribution in [1.82, 2.24) is 5.32 Å². The summed E-state index contributed by atoms with van der Waals surface area (Å²) in [6, 6.07) is 10.5. The summed E-state index contributed by atoms with van der Waals surface area (Å²) in [7, 11) is 0. The highest BCUT2D eigenvalue weighted by atomic mass is 19.4. The normalized spacial score (nSPS) is 11.2. The molecule has 0 aromatic heterocycles. The maximum Gasteiger partial charge on any atom is 0.416 e. The molecule has 2 rings (SSSR count). The SMILES string of the molecule is Cc1ccc(OCC(=O)NCCc2ccc(C(F)(F)F)cc2)cc1C. The highest BCUT2D eigenvalue weighted by molar-refractivity contribution is 5.77. The van der Waals surface area contributed by atoms with Crippen LogP contribution in [0.1, 0.15) is 22.3 Å². The van der Waals surface area contributed by atoms with Crippen molar-refractivity contribution in [2.75, 3.05) is 13.2 Å². The molecule has 0 fully saturated rings. The van der Waals surface area contributed by atoms with Gasteiger partial charge in [-0.3, -0.25) is 4.79 Å². The Morgan fingerprint density at radius 2 is 1.72 bits per heavy atom. The molecule has 0 aliphatic heterocycles. The Kier molecular flexibility index (Phi) is 6.07. The van der Waals surface area contributed by atoms with E-state index in [-0.39, 0.29) is 12.5 Å². The second kappa shape index (κ2) is 8.05. The van der Waals surface area contributed by atoms with Gasteiger partial charge in [-0.15, -0.1) is 0 Å². The van der Waals surface area contributed by atoms with Crippen molar-refractivity contribution in [3.63, 3.8) is 0 Å². The molecule has 0 aliphatic rings. The van der Waals surface area contributed by atoms with Gasteiger partial charge in [0.1, 0.15) is 5.75 Å². The van der Waals surface area contributed by atoms with Crippen LogP contribution in [0.4, 0.5) is 13.2 Å². The number of halogens is 3. The summed E-state index contributed by atoms with van der Waals surface area (Å²) in [4.78, 5) is 11.8. The largest absolute Gasteiger partial charge is 0.484 e. The maximum absolute atomic E-state index is 12.5. The molecule has 134 valence electrons. The minimum absolute atomic E-state index is 0.102. The Balaban J connectivity index is 1.74. The highest BCUT2D eigenvalue weighted by Gasteiger charge is 2.29. The highest BCUT2D eigenvalue weighted by Crippen LogP contribution is 2.29. The van der Waals surface area contributed by atoms with E-state index in [9.17, 15) is 18.0 Å². The number of rotatable bonds is 6. The summed E-state index contributed by atoms with van der Waals surface area (Å²) in [6.45, 7) is 4.19. The zero-order chi connectivity index (χ0) is 18.4. The van der Waals surface area contributed by atoms with Crippen molar-refractivity contribution in [2.24, 2.45) is 0 Å². The molecule has 6 heteroatoms. The quantitative estimate of drug-likeness (QED) is 0.852. The van der Waals surface area contributed by atoms with Gasteiger partial charge in [0.05, 0.1) is 5.56 Å². The van der Waals surface area contributed by atoms with Crippen molar-refractivity contribution in [2.45, 2.75) is 26.4 Å². The average Bonchev–Trinajstić information content (AvgIpc) is 2.55. The number of carbonyl (C=O) groups is 1. The van der Waals surface area contributed by atoms with Crippen molar-refractivity contribution >= 4 is 5.91 Å². The van der Waals surface area contributed by atoms with Crippen LogP contribution in [0.2, 0.25) is 0 Å². The van der Waals surface area contributed by atoms with E-state index in [4.69, 9.17) is 4.74 Å². The Hall–Kier alpha value is -2.50. The van der Waals surface area contributed by atoms with E-state index in [2.05, 4.69) is 5.32 Å². The van der Waals surface area contributed by atoms with Crippen LogP contribution in [-0.2, 0) is 17.4 Å². The van der Waals surface area contributed by atoms with Crippen molar-refractivity contribution in [3.05, 3.63) is 64.7 Å². The second-order valence-electron chi connectivity index (χ2n) is 5.83. The number of hydrogen-bond donors (Lipinski definition) is 1. The molecule has 0 unspecified atom stereocenters. The van der Waals surface area contributed by atoms with Crippen LogP contribution in [0.25, 0.3) is 0 Å². The summed E-state index contributed by atoms with van der Waals surface area (Å²) in [5, 5.41) is 2.69. The van der Waals surface area contributed by atoms with E-state index in [0.717, 1.165) is 28.8 Å². The molecule has 0 heterocycles. The number of carbonyl (C=O) groups excluding carboxylic acids is 1. The molecule has 0 atom stereocenters. The predicted octanol–water partition coefficient (Wildman–Crippen LogP) is 4.06. The van der Waals surface area contributed by atoms with Gasteiger partial charge in [-0.1, -0.05) is 18.2 Å². The molecule has 1 amide bonds. The molecule has 0 aliphatic carbocycles. The van der Waals surface area contributed by atoms with Gasteiger partial charge in [0.25, 0.3) is 5.91 Å². The summed E-state index contributed by atoms with van der Waals surface area (Å²) in [5.74, 6) is 0.353. The lowest BCUT2D eigenvalue weighted by Gasteiger charge is -2.10. The monoisotopic (exact) mass is 351 g/mol. The first-order valence-corrected chi connectivity index (χ1v) is 7.88. The van der Waals surface area contributed by atoms with E-state index in [1.807, 2.05) is 26.0 Å². The maximum atomic E-state index is 12.5. The Labute approximate surface area is 144 Å². The van der Waals surface area contributed by atoms with Gasteiger partial charge >= 0.3 is 6.18 Å². The fourth-order valence-corrected chi connectivity index (χ4v) is 2.21. The van der Waals surface area contributed by atoms with Crippen LogP contribution in [0.15, 0.2) is 42.5 Å². The number of amides is 1. The third kappa shape index (κ3) is 5.81. The van der Waals surface area contributed by atoms with E-state index in [1.165, 1.54) is 12.1 Å². The standard InChI is InChI=1S/C19H20F3NO2/c1-13-3-8-17(11-14(13)2)25-12-18(24)23-10-9-15-4-6-16(7-5-15)19(20,21)22/h3-8,11H,9-10,12H2,1-2H3,(H,23,24). The number of alkyl halides is 3. The second-order valence-corrected chi connectivity index (χ2v) is 5.83. The van der Waals surface area contributed by atoms with Crippen LogP contribution < -0.4 is 10.1 Å². The van der Waals surface area contributed by atoms with Gasteiger partial charge in [0, 0.05) is 6.54 Å². The Morgan fingerprint density at radius 1 is 1.04 bits per heavy atom. The fourth-order valence-electron chi connectivity index (χ4n) is 2.21. The van der Waals surface area contributed by atoms with Crippen LogP contribution in [-0.4, -0.2) is 19.1 Å². The van der Waals surface area contributed by atoms with Gasteiger partial charge in [0.2, 0.25) is 0 Å². The van der Waals surface area contributed by atoms with Gasteiger partial charge in [-0.05, 0) is 61.2 Å². The molecule has 0 saturated heterocycles. The smallest absolute Gasteiger partial charge is 0.416 e. The van der Waals surface area contributed by atoms with Crippen LogP contribution in [0, 0.1) is 13.8 Å². The predicted molar refractivity (Wildman–Crippen MR) is 89.6 cm³/mol. The van der Waals surface area contributed by atoms with E-state index < -0.39 is 11.7 Å². The number of hydrogen-bond acceptors (Lipinski definition) is 2. The molecular formula is C19H20F3NO2. The molecule has 25 heavy (non-hydrogen) atoms. The minimum atomic E-state index is -4.33. The number of ether oxygens (including phenoxy) is 1. The average molecular weight is 351 g/mol. The molecule has 1 N–H and O–H groups in total. The lowest BCUT2D eigenvalue weighted by atomic mass is 10.1. The third-order valence-electron chi connectivity index (χ3n) is 3.87. The summed E-state index contributed by atoms with van der Waals surface area (Å²) < 4.78 is 42.9. The first kappa shape index (κ1) is 18.8. The lowest BCUT2D eigenvalue weighted by Crippen LogP contribution is -2.30. The molecule has 3 nitrogen and oxygen atoms in total. The van der Waals surface area contributed by atoms with Gasteiger partial charge in [-0.25, -0.2) is 0 Å². The number of nitrogens with one attached hydrogen (secondary N) is 1. The molecular weight excluding hydrogens is 331 g/mol. The number of benzene rings is 2. The van der Waals surface area contributed by atoms with Gasteiger partial charge in [0.15, 0.2) is 6.61 Å². The number of aryl methyl sites for hydroxylation is 2. The van der Waals surface area contributed by atoms with E-state index >= 15 is 0 Å². The molecule has 0 saturated carbocycles. The van der Waals surface area contributed by atoms with Crippen molar-refractivity contribution in [3.8, 4) is 5.75 Å². The van der Waals surface area contributed by atoms with E-state index in [1.54, 1.807) is 6.07 Å². The van der Waals surface area contributed by atoms with Crippen molar-refractivity contribution < 1.29 is 22.7 Å². The topological polar surface area (TPSA) is 38.3 Å². The van der Waals surface area contributed by atoms with E-state index in [0.29, 0.717) is 18.7 Å². The molecule has 0 bridgehead atoms. The van der Waals surface area contributed by atoms with Crippen LogP contribution in [0.5, 0.6) is 5.75 Å². The Bertz CT molecular complexity index is 724. The van der Waals surface area contributed by atoms with Gasteiger partial charge < -0.3 is 10.1 Å². The van der Waals surface area contributed by atoms with Gasteiger partial charge in [-0.2, -0.15) is 13.2 Å². The van der Waals surface area contributed by atoms with Crippen LogP contribution >= 0.6 is 0 Å². The minimum Gasteiger partial charge on any atom is -0.484 e. The summed E-state index contributed by atoms with van der Waals surface area (Å²) in [6.07, 6.45) is -3.88. The molecule has 0 radical (unpaired) electrons. The third-order valence-corrected chi connectivity index (χ3v) is 3.87. The summed E-state index contributed by atoms with van der Waals surface area (Å²) in [5.41, 5.74) is 2.28. The van der Waals surface area contributed by atoms with Crippen LogP contribution in [0.3, 0.4) is 0 Å². The molecule has 2 aromatic carbocycles. The summed E-state index contributed by atoms with van der Waals surface area (Å²) >= 11 is 0.